The van der Waals surface area contributed by atoms with Crippen molar-refractivity contribution in [1.82, 2.24) is 10.6 Å². The summed E-state index contributed by atoms with van der Waals surface area (Å²) in [6, 6.07) is 5.43. The number of carboxylic acids is 1. The Kier molecular flexibility index (Phi) is 25.9. The summed E-state index contributed by atoms with van der Waals surface area (Å²) in [5.41, 5.74) is 0.756. The zero-order valence-corrected chi connectivity index (χ0v) is 29.2. The molecule has 0 aliphatic heterocycles. The Labute approximate surface area is 333 Å². The fourth-order valence-electron chi connectivity index (χ4n) is 6.34. The number of aliphatic carboxylic acids is 1. The summed E-state index contributed by atoms with van der Waals surface area (Å²) in [7, 11) is 91.3. The van der Waals surface area contributed by atoms with E-state index in [0.717, 1.165) is 0 Å². The first kappa shape index (κ1) is 51.0. The van der Waals surface area contributed by atoms with Crippen molar-refractivity contribution in [3.63, 3.8) is 0 Å². The van der Waals surface area contributed by atoms with Gasteiger partial charge in [0, 0.05) is 218 Å². The number of hydrogen-bond donors (Lipinski definition) is 5. The van der Waals surface area contributed by atoms with Gasteiger partial charge in [-0.25, -0.2) is 0 Å². The first-order valence-electron chi connectivity index (χ1n) is 16.4. The average Bonchev–Trinajstić information content (AvgIpc) is 3.01. The zero-order valence-electron chi connectivity index (χ0n) is 29.2. The number of carboxylic acid groups (broad SMARTS) is 1. The summed E-state index contributed by atoms with van der Waals surface area (Å²) in [6.07, 6.45) is -9.99. The predicted octanol–water partition coefficient (Wildman–Crippen LogP) is -12.1. The number of amides is 1. The summed E-state index contributed by atoms with van der Waals surface area (Å²) in [6.45, 7) is 0.458. The van der Waals surface area contributed by atoms with Crippen LogP contribution in [-0.4, -0.2) is 260 Å². The third-order valence-corrected chi connectivity index (χ3v) is 8.88. The third-order valence-electron chi connectivity index (χ3n) is 8.88. The van der Waals surface area contributed by atoms with Crippen molar-refractivity contribution in [2.75, 3.05) is 13.6 Å². The molecule has 1 aromatic carbocycles. The molecule has 0 spiro atoms. The second kappa shape index (κ2) is 26.0. The fourth-order valence-corrected chi connectivity index (χ4v) is 6.34. The standard InChI is InChI=1S/C14H21BN2O5.B29/c1-16-12(14(19)20)4-2-3-9-17-13(18)10-5-7-11(8-6-10)15(21)22;1-16-24(17(2)3)28(25(18(4)5)19(6)7)29(26(20(8)9)21(10)11)27(22(12)13)23(14)15/h5-8,12,16,21-22H,2-4,9H2,1H3,(H,17,18)(H,19,20);. The Bertz CT molecular complexity index is 1080. The molecule has 1 atom stereocenters. The van der Waals surface area contributed by atoms with Crippen LogP contribution in [0.1, 0.15) is 29.6 Å². The summed E-state index contributed by atoms with van der Waals surface area (Å²) in [4.78, 5) is 22.6. The number of carbonyl (C=O) groups is 2. The molecule has 0 heterocycles. The quantitative estimate of drug-likeness (QED) is 0.0649. The predicted molar refractivity (Wildman–Crippen MR) is 250 cm³/mol. The van der Waals surface area contributed by atoms with Gasteiger partial charge in [-0.3, -0.25) is 9.59 Å². The van der Waals surface area contributed by atoms with E-state index in [-0.39, 0.29) is 5.91 Å². The van der Waals surface area contributed by atoms with Crippen molar-refractivity contribution in [3.8, 4) is 0 Å². The van der Waals surface area contributed by atoms with Gasteiger partial charge < -0.3 is 25.8 Å². The maximum absolute atomic E-state index is 11.8. The van der Waals surface area contributed by atoms with E-state index < -0.39 is 102 Å². The van der Waals surface area contributed by atoms with E-state index in [1.165, 1.54) is 31.3 Å². The van der Waals surface area contributed by atoms with Crippen molar-refractivity contribution in [1.29, 1.82) is 0 Å². The summed E-state index contributed by atoms with van der Waals surface area (Å²) >= 11 is 0. The van der Waals surface area contributed by atoms with Crippen LogP contribution in [0.15, 0.2) is 24.3 Å². The smallest absolute Gasteiger partial charge is 0.480 e. The number of hydrogen-bond acceptors (Lipinski definition) is 5. The number of benzene rings is 1. The van der Waals surface area contributed by atoms with E-state index in [1.807, 2.05) is 0 Å². The molecule has 5 N–H and O–H groups in total. The molecule has 0 aromatic heterocycles. The summed E-state index contributed by atoms with van der Waals surface area (Å²) in [5, 5.41) is 32.2. The summed E-state index contributed by atoms with van der Waals surface area (Å²) in [5.74, 6) is -1.12. The Balaban J connectivity index is 0.00000102. The van der Waals surface area contributed by atoms with Gasteiger partial charge in [-0.15, -0.1) is 0 Å². The van der Waals surface area contributed by atoms with Gasteiger partial charge >= 0.3 is 13.1 Å². The number of likely N-dealkylation sites (N-methyl/N-ethyl adjacent to an activating group) is 1. The van der Waals surface area contributed by atoms with Crippen LogP contribution in [0.2, 0.25) is 0 Å². The van der Waals surface area contributed by atoms with Crippen molar-refractivity contribution in [3.05, 3.63) is 29.8 Å². The van der Waals surface area contributed by atoms with Gasteiger partial charge in [0.1, 0.15) is 6.04 Å². The lowest BCUT2D eigenvalue weighted by Crippen LogP contribution is -2.87. The first-order valence-corrected chi connectivity index (χ1v) is 16.4. The van der Waals surface area contributed by atoms with Crippen LogP contribution in [0, 0.1) is 0 Å². The lowest BCUT2D eigenvalue weighted by Gasteiger charge is -2.49. The van der Waals surface area contributed by atoms with Gasteiger partial charge in [0.15, 0.2) is 0 Å². The highest BCUT2D eigenvalue weighted by Gasteiger charge is 2.51. The van der Waals surface area contributed by atoms with Gasteiger partial charge in [0.05, 0.1) is 0 Å². The van der Waals surface area contributed by atoms with Crippen LogP contribution in [0.25, 0.3) is 0 Å². The van der Waals surface area contributed by atoms with Crippen LogP contribution in [-0.2, 0) is 4.79 Å². The summed E-state index contributed by atoms with van der Waals surface area (Å²) < 4.78 is 0. The molecule has 0 aliphatic carbocycles. The van der Waals surface area contributed by atoms with Crippen LogP contribution in [0.5, 0.6) is 0 Å². The van der Waals surface area contributed by atoms with Crippen LogP contribution >= 0.6 is 0 Å². The van der Waals surface area contributed by atoms with Crippen molar-refractivity contribution < 1.29 is 24.7 Å². The van der Waals surface area contributed by atoms with E-state index in [9.17, 15) is 9.59 Å². The van der Waals surface area contributed by atoms with E-state index in [4.69, 9.17) is 131 Å². The highest BCUT2D eigenvalue weighted by atomic mass is 16.4. The van der Waals surface area contributed by atoms with E-state index in [0.29, 0.717) is 36.8 Å². The number of carbonyl (C=O) groups excluding carboxylic acids is 1. The van der Waals surface area contributed by atoms with Crippen molar-refractivity contribution in [2.24, 2.45) is 0 Å². The Morgan fingerprint density at radius 3 is 1.39 bits per heavy atom. The molecule has 1 amide bonds. The topological polar surface area (TPSA) is 119 Å². The molecule has 0 aliphatic rings. The molecule has 1 unspecified atom stereocenters. The second-order valence-corrected chi connectivity index (χ2v) is 12.6. The Hall–Kier alpha value is -0.0119. The maximum atomic E-state index is 11.8. The molecule has 31 radical (unpaired) electrons. The SMILES string of the molecule is CNC(CCCCNC(=O)c1ccc(B(O)O)cc1)C(=O)O.[B][B]B(B([B])[B])B(B(B([B])[B])B([B])[B])B(B(B([B])[B])B([B])[B])B(B([B])[B])B([B])[B]. The first-order chi connectivity index (χ1) is 23.6. The zero-order chi connectivity index (χ0) is 39.7. The van der Waals surface area contributed by atoms with Crippen LogP contribution in [0.3, 0.4) is 0 Å². The molecule has 0 bridgehead atoms. The van der Waals surface area contributed by atoms with Crippen molar-refractivity contribution in [2.45, 2.75) is 25.3 Å². The minimum absolute atomic E-state index is 0.248. The highest BCUT2D eigenvalue weighted by Crippen LogP contribution is 2.13. The molecule has 51 heavy (non-hydrogen) atoms. The molecule has 0 saturated carbocycles. The van der Waals surface area contributed by atoms with Crippen molar-refractivity contribution >= 4 is 231 Å². The largest absolute Gasteiger partial charge is 0.488 e. The van der Waals surface area contributed by atoms with Crippen LogP contribution in [0.4, 0.5) is 0 Å². The highest BCUT2D eigenvalue weighted by molar-refractivity contribution is 8.26. The second-order valence-electron chi connectivity index (χ2n) is 12.6. The maximum Gasteiger partial charge on any atom is 0.488 e. The molecule has 0 fully saturated rings. The Morgan fingerprint density at radius 2 is 1.08 bits per heavy atom. The molecular formula is C14H21B30N2O5. The molecule has 207 valence electrons. The lowest BCUT2D eigenvalue weighted by atomic mass is 8.32. The van der Waals surface area contributed by atoms with Crippen LogP contribution < -0.4 is 16.1 Å². The minimum Gasteiger partial charge on any atom is -0.480 e. The van der Waals surface area contributed by atoms with Gasteiger partial charge in [0.2, 0.25) is 0 Å². The fraction of sp³-hybridized carbons (Fsp3) is 0.429. The van der Waals surface area contributed by atoms with Gasteiger partial charge in [-0.2, -0.15) is 0 Å². The van der Waals surface area contributed by atoms with Gasteiger partial charge in [0.25, 0.3) is 5.91 Å². The van der Waals surface area contributed by atoms with E-state index in [1.54, 1.807) is 7.05 Å². The normalized spacial score (nSPS) is 10.4. The van der Waals surface area contributed by atoms with E-state index in [2.05, 4.69) is 10.6 Å². The number of nitrogens with one attached hydrogen (secondary N) is 2. The monoisotopic (exact) mass is 627 g/mol. The Morgan fingerprint density at radius 1 is 0.667 bits per heavy atom. The number of rotatable bonds is 22. The van der Waals surface area contributed by atoms with Gasteiger partial charge in [-0.1, -0.05) is 12.1 Å². The van der Waals surface area contributed by atoms with E-state index >= 15 is 0 Å². The molecule has 7 nitrogen and oxygen atoms in total. The molecule has 37 heteroatoms. The minimum atomic E-state index is -1.55. The molecule has 0 saturated heterocycles. The molecule has 1 rings (SSSR count). The lowest BCUT2D eigenvalue weighted by molar-refractivity contribution is -0.139. The number of unbranched alkanes of at least 4 members (excludes halogenated alkanes) is 1. The third kappa shape index (κ3) is 17.1. The molecule has 1 aromatic rings. The average molecular weight is 622 g/mol. The molecular weight excluding hydrogens is 601 g/mol. The van der Waals surface area contributed by atoms with Gasteiger partial charge in [-0.05, 0) is 43.9 Å².